The van der Waals surface area contributed by atoms with Crippen molar-refractivity contribution in [3.05, 3.63) is 29.8 Å². The van der Waals surface area contributed by atoms with E-state index in [1.807, 2.05) is 38.1 Å². The Labute approximate surface area is 136 Å². The molecule has 0 saturated carbocycles. The Morgan fingerprint density at radius 1 is 1.26 bits per heavy atom. The zero-order valence-electron chi connectivity index (χ0n) is 14.0. The summed E-state index contributed by atoms with van der Waals surface area (Å²) < 4.78 is 10.6. The molecule has 0 aliphatic heterocycles. The predicted octanol–water partition coefficient (Wildman–Crippen LogP) is 2.22. The number of methoxy groups -OCH3 is 1. The number of hydrogen-bond donors (Lipinski definition) is 2. The van der Waals surface area contributed by atoms with Gasteiger partial charge in [-0.3, -0.25) is 4.79 Å². The first-order valence-electron chi connectivity index (χ1n) is 7.61. The minimum atomic E-state index is -1.04. The summed E-state index contributed by atoms with van der Waals surface area (Å²) in [6.07, 6.45) is -0.362. The number of carbonyl (C=O) groups excluding carboxylic acids is 1. The Bertz CT molecular complexity index is 529. The number of ether oxygens (including phenoxy) is 2. The molecule has 0 radical (unpaired) electrons. The number of aliphatic carboxylic acids is 1. The SMILES string of the molecule is COc1cccc(COC(C)C(=O)NC(CC(C)C)C(=O)O)c1. The molecule has 1 aromatic carbocycles. The molecule has 0 fully saturated rings. The monoisotopic (exact) mass is 323 g/mol. The van der Waals surface area contributed by atoms with Gasteiger partial charge in [-0.1, -0.05) is 26.0 Å². The van der Waals surface area contributed by atoms with Crippen LogP contribution in [-0.4, -0.2) is 36.2 Å². The molecule has 0 heterocycles. The largest absolute Gasteiger partial charge is 0.497 e. The third-order valence-corrected chi connectivity index (χ3v) is 3.33. The smallest absolute Gasteiger partial charge is 0.326 e. The minimum Gasteiger partial charge on any atom is -0.497 e. The van der Waals surface area contributed by atoms with Crippen molar-refractivity contribution < 1.29 is 24.2 Å². The van der Waals surface area contributed by atoms with E-state index in [-0.39, 0.29) is 12.5 Å². The first-order valence-corrected chi connectivity index (χ1v) is 7.61. The minimum absolute atomic E-state index is 0.171. The van der Waals surface area contributed by atoms with E-state index in [0.717, 1.165) is 5.56 Å². The summed E-state index contributed by atoms with van der Waals surface area (Å²) in [5.41, 5.74) is 0.876. The number of carboxylic acid groups (broad SMARTS) is 1. The van der Waals surface area contributed by atoms with Gasteiger partial charge in [0.25, 0.3) is 0 Å². The van der Waals surface area contributed by atoms with E-state index in [0.29, 0.717) is 12.2 Å². The van der Waals surface area contributed by atoms with Crippen molar-refractivity contribution in [2.45, 2.75) is 45.9 Å². The van der Waals surface area contributed by atoms with Gasteiger partial charge in [-0.05, 0) is 37.0 Å². The molecule has 1 rings (SSSR count). The van der Waals surface area contributed by atoms with Crippen LogP contribution in [0.15, 0.2) is 24.3 Å². The molecule has 0 saturated heterocycles. The number of nitrogens with one attached hydrogen (secondary N) is 1. The molecule has 0 aromatic heterocycles. The van der Waals surface area contributed by atoms with Gasteiger partial charge in [0, 0.05) is 0 Å². The Kier molecular flexibility index (Phi) is 7.54. The summed E-state index contributed by atoms with van der Waals surface area (Å²) in [4.78, 5) is 23.2. The topological polar surface area (TPSA) is 84.9 Å². The first kappa shape index (κ1) is 19.0. The second-order valence-corrected chi connectivity index (χ2v) is 5.83. The van der Waals surface area contributed by atoms with Gasteiger partial charge in [0.15, 0.2) is 0 Å². The van der Waals surface area contributed by atoms with Crippen LogP contribution in [-0.2, 0) is 20.9 Å². The molecule has 0 aliphatic rings. The van der Waals surface area contributed by atoms with Gasteiger partial charge in [-0.15, -0.1) is 0 Å². The van der Waals surface area contributed by atoms with Crippen LogP contribution in [0.5, 0.6) is 5.75 Å². The van der Waals surface area contributed by atoms with Crippen molar-refractivity contribution >= 4 is 11.9 Å². The van der Waals surface area contributed by atoms with Gasteiger partial charge in [-0.25, -0.2) is 4.79 Å². The number of benzene rings is 1. The Balaban J connectivity index is 2.53. The van der Waals surface area contributed by atoms with E-state index in [1.54, 1.807) is 14.0 Å². The van der Waals surface area contributed by atoms with Crippen LogP contribution in [0.3, 0.4) is 0 Å². The number of amides is 1. The van der Waals surface area contributed by atoms with Crippen molar-refractivity contribution in [3.8, 4) is 5.75 Å². The third-order valence-electron chi connectivity index (χ3n) is 3.33. The van der Waals surface area contributed by atoms with Crippen LogP contribution in [0.4, 0.5) is 0 Å². The maximum atomic E-state index is 12.1. The molecular weight excluding hydrogens is 298 g/mol. The van der Waals surface area contributed by atoms with Crippen molar-refractivity contribution in [2.75, 3.05) is 7.11 Å². The molecule has 0 bridgehead atoms. The zero-order valence-corrected chi connectivity index (χ0v) is 14.0. The number of hydrogen-bond acceptors (Lipinski definition) is 4. The molecule has 1 aromatic rings. The summed E-state index contributed by atoms with van der Waals surface area (Å²) >= 11 is 0. The summed E-state index contributed by atoms with van der Waals surface area (Å²) in [5, 5.41) is 11.7. The molecular formula is C17H25NO5. The average Bonchev–Trinajstić information content (AvgIpc) is 2.51. The molecule has 6 nitrogen and oxygen atoms in total. The normalized spacial score (nSPS) is 13.4. The molecule has 6 heteroatoms. The van der Waals surface area contributed by atoms with Crippen LogP contribution in [0.25, 0.3) is 0 Å². The van der Waals surface area contributed by atoms with Crippen LogP contribution in [0.1, 0.15) is 32.8 Å². The van der Waals surface area contributed by atoms with E-state index in [4.69, 9.17) is 14.6 Å². The maximum absolute atomic E-state index is 12.1. The van der Waals surface area contributed by atoms with Gasteiger partial charge >= 0.3 is 5.97 Å². The summed E-state index contributed by atoms with van der Waals surface area (Å²) in [5.74, 6) is -0.580. The highest BCUT2D eigenvalue weighted by molar-refractivity contribution is 5.86. The van der Waals surface area contributed by atoms with Gasteiger partial charge in [0.1, 0.15) is 17.9 Å². The molecule has 128 valence electrons. The zero-order chi connectivity index (χ0) is 17.4. The molecule has 23 heavy (non-hydrogen) atoms. The summed E-state index contributed by atoms with van der Waals surface area (Å²) in [7, 11) is 1.58. The molecule has 2 N–H and O–H groups in total. The lowest BCUT2D eigenvalue weighted by Crippen LogP contribution is -2.46. The quantitative estimate of drug-likeness (QED) is 0.728. The van der Waals surface area contributed by atoms with Crippen molar-refractivity contribution in [1.29, 1.82) is 0 Å². The van der Waals surface area contributed by atoms with Gasteiger partial charge < -0.3 is 19.9 Å². The van der Waals surface area contributed by atoms with Gasteiger partial charge in [0.05, 0.1) is 13.7 Å². The molecule has 0 aliphatic carbocycles. The Hall–Kier alpha value is -2.08. The number of rotatable bonds is 9. The Morgan fingerprint density at radius 3 is 2.52 bits per heavy atom. The van der Waals surface area contributed by atoms with Crippen LogP contribution in [0.2, 0.25) is 0 Å². The van der Waals surface area contributed by atoms with Crippen LogP contribution in [0, 0.1) is 5.92 Å². The van der Waals surface area contributed by atoms with Crippen LogP contribution >= 0.6 is 0 Å². The highest BCUT2D eigenvalue weighted by atomic mass is 16.5. The van der Waals surface area contributed by atoms with E-state index >= 15 is 0 Å². The fourth-order valence-electron chi connectivity index (χ4n) is 2.04. The standard InChI is InChI=1S/C17H25NO5/c1-11(2)8-15(17(20)21)18-16(19)12(3)23-10-13-6-5-7-14(9-13)22-4/h5-7,9,11-12,15H,8,10H2,1-4H3,(H,18,19)(H,20,21). The van der Waals surface area contributed by atoms with Gasteiger partial charge in [-0.2, -0.15) is 0 Å². The molecule has 0 spiro atoms. The maximum Gasteiger partial charge on any atom is 0.326 e. The average molecular weight is 323 g/mol. The van der Waals surface area contributed by atoms with E-state index < -0.39 is 24.0 Å². The molecule has 2 atom stereocenters. The van der Waals surface area contributed by atoms with E-state index in [9.17, 15) is 9.59 Å². The van der Waals surface area contributed by atoms with Crippen molar-refractivity contribution in [2.24, 2.45) is 5.92 Å². The lowest BCUT2D eigenvalue weighted by atomic mass is 10.0. The molecule has 2 unspecified atom stereocenters. The third kappa shape index (κ3) is 6.69. The fourth-order valence-corrected chi connectivity index (χ4v) is 2.04. The fraction of sp³-hybridized carbons (Fsp3) is 0.529. The predicted molar refractivity (Wildman–Crippen MR) is 86.3 cm³/mol. The highest BCUT2D eigenvalue weighted by Crippen LogP contribution is 2.14. The second kappa shape index (κ2) is 9.15. The van der Waals surface area contributed by atoms with Crippen molar-refractivity contribution in [3.63, 3.8) is 0 Å². The highest BCUT2D eigenvalue weighted by Gasteiger charge is 2.24. The lowest BCUT2D eigenvalue weighted by molar-refractivity contribution is -0.144. The summed E-state index contributed by atoms with van der Waals surface area (Å²) in [6.45, 7) is 5.66. The first-order chi connectivity index (χ1) is 10.8. The van der Waals surface area contributed by atoms with Crippen LogP contribution < -0.4 is 10.1 Å². The second-order valence-electron chi connectivity index (χ2n) is 5.83. The van der Waals surface area contributed by atoms with E-state index in [1.165, 1.54) is 0 Å². The number of carboxylic acids is 1. The Morgan fingerprint density at radius 2 is 1.96 bits per heavy atom. The van der Waals surface area contributed by atoms with Gasteiger partial charge in [0.2, 0.25) is 5.91 Å². The summed E-state index contributed by atoms with van der Waals surface area (Å²) in [6, 6.07) is 6.45. The van der Waals surface area contributed by atoms with E-state index in [2.05, 4.69) is 5.32 Å². The molecule has 1 amide bonds. The van der Waals surface area contributed by atoms with Crippen molar-refractivity contribution in [1.82, 2.24) is 5.32 Å². The lowest BCUT2D eigenvalue weighted by Gasteiger charge is -2.19. The number of carbonyl (C=O) groups is 2.